The Balaban J connectivity index is 1.68. The molecule has 4 aliphatic rings. The number of hydrogen-bond donors (Lipinski definition) is 0. The van der Waals surface area contributed by atoms with E-state index < -0.39 is 0 Å². The molecule has 0 aliphatic heterocycles. The Morgan fingerprint density at radius 2 is 2.07 bits per heavy atom. The molecule has 0 radical (unpaired) electrons. The van der Waals surface area contributed by atoms with Crippen LogP contribution < -0.4 is 0 Å². The predicted octanol–water partition coefficient (Wildman–Crippen LogP) is 3.88. The average Bonchev–Trinajstić information content (AvgIpc) is 2.83. The summed E-state index contributed by atoms with van der Waals surface area (Å²) in [5.41, 5.74) is 0.734. The topological polar surface area (TPSA) is 0 Å². The average molecular weight is 202 g/mol. The van der Waals surface area contributed by atoms with Gasteiger partial charge < -0.3 is 0 Å². The SMILES string of the molecule is CCC1(C)CC2C3CC(C4CC=CC43)C21. The molecule has 0 aromatic carbocycles. The Morgan fingerprint density at radius 1 is 1.20 bits per heavy atom. The minimum Gasteiger partial charge on any atom is -0.0879 e. The lowest BCUT2D eigenvalue weighted by molar-refractivity contribution is -0.0932. The number of rotatable bonds is 1. The molecule has 0 amide bonds. The summed E-state index contributed by atoms with van der Waals surface area (Å²) in [7, 11) is 0. The summed E-state index contributed by atoms with van der Waals surface area (Å²) in [5, 5.41) is 0. The summed E-state index contributed by atoms with van der Waals surface area (Å²) in [6, 6.07) is 0. The third-order valence-corrected chi connectivity index (χ3v) is 6.64. The third-order valence-electron chi connectivity index (χ3n) is 6.64. The summed E-state index contributed by atoms with van der Waals surface area (Å²) in [6.45, 7) is 4.97. The van der Waals surface area contributed by atoms with Crippen LogP contribution in [0.4, 0.5) is 0 Å². The molecule has 4 aliphatic carbocycles. The third kappa shape index (κ3) is 0.831. The molecule has 7 unspecified atom stereocenters. The number of hydrogen-bond acceptors (Lipinski definition) is 0. The van der Waals surface area contributed by atoms with Gasteiger partial charge in [0, 0.05) is 0 Å². The zero-order valence-electron chi connectivity index (χ0n) is 9.95. The van der Waals surface area contributed by atoms with E-state index in [1.54, 1.807) is 12.8 Å². The zero-order valence-corrected chi connectivity index (χ0v) is 9.95. The van der Waals surface area contributed by atoms with Crippen molar-refractivity contribution in [2.24, 2.45) is 40.9 Å². The molecule has 82 valence electrons. The second kappa shape index (κ2) is 2.52. The van der Waals surface area contributed by atoms with Crippen molar-refractivity contribution in [2.75, 3.05) is 0 Å². The van der Waals surface area contributed by atoms with Gasteiger partial charge in [0.25, 0.3) is 0 Å². The quantitative estimate of drug-likeness (QED) is 0.566. The Morgan fingerprint density at radius 3 is 2.87 bits per heavy atom. The summed E-state index contributed by atoms with van der Waals surface area (Å²) >= 11 is 0. The monoisotopic (exact) mass is 202 g/mol. The Labute approximate surface area is 93.1 Å². The second-order valence-electron chi connectivity index (χ2n) is 6.87. The van der Waals surface area contributed by atoms with Gasteiger partial charge in [0.1, 0.15) is 0 Å². The first kappa shape index (κ1) is 8.84. The summed E-state index contributed by atoms with van der Waals surface area (Å²) in [4.78, 5) is 0. The molecule has 0 aromatic rings. The van der Waals surface area contributed by atoms with Crippen molar-refractivity contribution in [3.05, 3.63) is 12.2 Å². The van der Waals surface area contributed by atoms with Gasteiger partial charge in [-0.05, 0) is 60.2 Å². The fourth-order valence-corrected chi connectivity index (χ4v) is 5.92. The summed E-state index contributed by atoms with van der Waals surface area (Å²) in [6.07, 6.45) is 11.0. The predicted molar refractivity (Wildman–Crippen MR) is 62.3 cm³/mol. The van der Waals surface area contributed by atoms with Crippen LogP contribution in [-0.4, -0.2) is 0 Å². The lowest BCUT2D eigenvalue weighted by Gasteiger charge is -2.58. The molecular weight excluding hydrogens is 180 g/mol. The first-order valence-electron chi connectivity index (χ1n) is 6.91. The highest BCUT2D eigenvalue weighted by Gasteiger charge is 2.67. The van der Waals surface area contributed by atoms with Crippen LogP contribution in [0.1, 0.15) is 39.5 Å². The normalized spacial score (nSPS) is 64.1. The molecule has 0 aromatic heterocycles. The number of fused-ring (bicyclic) bond motifs is 8. The molecule has 4 rings (SSSR count). The van der Waals surface area contributed by atoms with Gasteiger partial charge in [0.05, 0.1) is 0 Å². The molecular formula is C15H22. The Bertz CT molecular complexity index is 329. The van der Waals surface area contributed by atoms with Gasteiger partial charge in [-0.3, -0.25) is 0 Å². The molecule has 0 spiro atoms. The first-order valence-corrected chi connectivity index (χ1v) is 6.91. The minimum atomic E-state index is 0.734. The molecule has 0 heterocycles. The van der Waals surface area contributed by atoms with Gasteiger partial charge in [0.2, 0.25) is 0 Å². The van der Waals surface area contributed by atoms with Crippen LogP contribution in [0, 0.1) is 40.9 Å². The maximum absolute atomic E-state index is 2.56. The van der Waals surface area contributed by atoms with E-state index in [4.69, 9.17) is 0 Å². The molecule has 0 N–H and O–H groups in total. The highest BCUT2D eigenvalue weighted by Crippen LogP contribution is 2.73. The first-order chi connectivity index (χ1) is 7.24. The van der Waals surface area contributed by atoms with E-state index in [1.165, 1.54) is 12.8 Å². The molecule has 0 heteroatoms. The smallest absolute Gasteiger partial charge is 0.0168 e. The van der Waals surface area contributed by atoms with Crippen molar-refractivity contribution in [1.29, 1.82) is 0 Å². The fourth-order valence-electron chi connectivity index (χ4n) is 5.92. The van der Waals surface area contributed by atoms with Crippen LogP contribution in [0.2, 0.25) is 0 Å². The lowest BCUT2D eigenvalue weighted by atomic mass is 9.47. The van der Waals surface area contributed by atoms with E-state index in [0.29, 0.717) is 0 Å². The van der Waals surface area contributed by atoms with Gasteiger partial charge in [-0.1, -0.05) is 32.4 Å². The summed E-state index contributed by atoms with van der Waals surface area (Å²) in [5.74, 6) is 6.54. The van der Waals surface area contributed by atoms with E-state index in [-0.39, 0.29) is 0 Å². The highest BCUT2D eigenvalue weighted by atomic mass is 14.7. The highest BCUT2D eigenvalue weighted by molar-refractivity contribution is 5.21. The van der Waals surface area contributed by atoms with E-state index >= 15 is 0 Å². The molecule has 2 bridgehead atoms. The Hall–Kier alpha value is -0.260. The van der Waals surface area contributed by atoms with Gasteiger partial charge in [-0.2, -0.15) is 0 Å². The van der Waals surface area contributed by atoms with Gasteiger partial charge >= 0.3 is 0 Å². The van der Waals surface area contributed by atoms with Crippen LogP contribution in [0.25, 0.3) is 0 Å². The van der Waals surface area contributed by atoms with Gasteiger partial charge in [-0.25, -0.2) is 0 Å². The van der Waals surface area contributed by atoms with Crippen molar-refractivity contribution in [1.82, 2.24) is 0 Å². The second-order valence-corrected chi connectivity index (χ2v) is 6.87. The fraction of sp³-hybridized carbons (Fsp3) is 0.867. The van der Waals surface area contributed by atoms with Crippen molar-refractivity contribution < 1.29 is 0 Å². The molecule has 3 fully saturated rings. The van der Waals surface area contributed by atoms with Crippen molar-refractivity contribution in [2.45, 2.75) is 39.5 Å². The van der Waals surface area contributed by atoms with E-state index in [0.717, 1.165) is 40.9 Å². The Kier molecular flexibility index (Phi) is 1.49. The largest absolute Gasteiger partial charge is 0.0879 e. The molecule has 0 nitrogen and oxygen atoms in total. The maximum Gasteiger partial charge on any atom is -0.0168 e. The molecule has 3 saturated carbocycles. The van der Waals surface area contributed by atoms with Crippen LogP contribution in [0.15, 0.2) is 12.2 Å². The standard InChI is InChI=1S/C15H22/c1-3-15(2)8-13-11-7-12(14(13)15)10-6-4-5-9(10)11/h4-5,9-14H,3,6-8H2,1-2H3. The van der Waals surface area contributed by atoms with Crippen LogP contribution in [-0.2, 0) is 0 Å². The molecule has 7 atom stereocenters. The summed E-state index contributed by atoms with van der Waals surface area (Å²) < 4.78 is 0. The van der Waals surface area contributed by atoms with Crippen molar-refractivity contribution in [3.8, 4) is 0 Å². The van der Waals surface area contributed by atoms with Gasteiger partial charge in [-0.15, -0.1) is 0 Å². The van der Waals surface area contributed by atoms with E-state index in [2.05, 4.69) is 26.0 Å². The van der Waals surface area contributed by atoms with Crippen molar-refractivity contribution in [3.63, 3.8) is 0 Å². The maximum atomic E-state index is 2.56. The van der Waals surface area contributed by atoms with E-state index in [1.807, 2.05) is 0 Å². The number of allylic oxidation sites excluding steroid dienone is 2. The van der Waals surface area contributed by atoms with E-state index in [9.17, 15) is 0 Å². The zero-order chi connectivity index (χ0) is 10.2. The minimum absolute atomic E-state index is 0.734. The molecule has 0 saturated heterocycles. The van der Waals surface area contributed by atoms with Crippen LogP contribution in [0.5, 0.6) is 0 Å². The van der Waals surface area contributed by atoms with Crippen LogP contribution in [0.3, 0.4) is 0 Å². The molecule has 15 heavy (non-hydrogen) atoms. The lowest BCUT2D eigenvalue weighted by Crippen LogP contribution is -2.52. The van der Waals surface area contributed by atoms with Crippen LogP contribution >= 0.6 is 0 Å². The van der Waals surface area contributed by atoms with Crippen molar-refractivity contribution >= 4 is 0 Å². The van der Waals surface area contributed by atoms with Gasteiger partial charge in [0.15, 0.2) is 0 Å².